The molecule has 0 saturated heterocycles. The third-order valence-corrected chi connectivity index (χ3v) is 3.36. The van der Waals surface area contributed by atoms with E-state index >= 15 is 0 Å². The summed E-state index contributed by atoms with van der Waals surface area (Å²) >= 11 is 0. The summed E-state index contributed by atoms with van der Waals surface area (Å²) in [6, 6.07) is 14.8. The number of benzene rings is 2. The van der Waals surface area contributed by atoms with E-state index in [1.165, 1.54) is 16.7 Å². The zero-order chi connectivity index (χ0) is 14.4. The number of hydrogen-bond acceptors (Lipinski definition) is 1. The highest BCUT2D eigenvalue weighted by Gasteiger charge is 2.10. The van der Waals surface area contributed by atoms with Crippen LogP contribution in [0.3, 0.4) is 0 Å². The summed E-state index contributed by atoms with van der Waals surface area (Å²) in [7, 11) is 1.72. The Morgan fingerprint density at radius 1 is 1.15 bits per heavy atom. The number of aryl methyl sites for hydroxylation is 1. The van der Waals surface area contributed by atoms with Gasteiger partial charge in [0, 0.05) is 12.0 Å². The van der Waals surface area contributed by atoms with Gasteiger partial charge in [0.15, 0.2) is 0 Å². The average Bonchev–Trinajstić information content (AvgIpc) is 2.48. The Hall–Kier alpha value is -2.24. The molecule has 20 heavy (non-hydrogen) atoms. The van der Waals surface area contributed by atoms with Crippen LogP contribution in [0.5, 0.6) is 5.75 Å². The highest BCUT2D eigenvalue weighted by Crippen LogP contribution is 2.29. The number of methoxy groups -OCH3 is 1. The molecule has 1 heteroatoms. The molecule has 0 atom stereocenters. The summed E-state index contributed by atoms with van der Waals surface area (Å²) < 4.78 is 5.60. The summed E-state index contributed by atoms with van der Waals surface area (Å²) in [5.74, 6) is 0.919. The maximum absolute atomic E-state index is 5.60. The summed E-state index contributed by atoms with van der Waals surface area (Å²) in [4.78, 5) is 0. The van der Waals surface area contributed by atoms with Gasteiger partial charge < -0.3 is 4.74 Å². The molecule has 0 heterocycles. The number of ether oxygens (including phenoxy) is 1. The first-order chi connectivity index (χ1) is 9.78. The van der Waals surface area contributed by atoms with Crippen LogP contribution in [0.2, 0.25) is 0 Å². The third-order valence-electron chi connectivity index (χ3n) is 3.36. The van der Waals surface area contributed by atoms with Crippen molar-refractivity contribution < 1.29 is 4.74 Å². The minimum absolute atomic E-state index is 0.871. The molecule has 0 unspecified atom stereocenters. The first-order valence-electron chi connectivity index (χ1n) is 6.88. The second kappa shape index (κ2) is 6.79. The summed E-state index contributed by atoms with van der Waals surface area (Å²) in [6.07, 6.45) is 3.76. The minimum Gasteiger partial charge on any atom is -0.496 e. The van der Waals surface area contributed by atoms with Crippen LogP contribution in [0.15, 0.2) is 54.8 Å². The molecule has 0 aromatic heterocycles. The Balaban J connectivity index is 2.49. The molecule has 0 radical (unpaired) electrons. The van der Waals surface area contributed by atoms with E-state index in [0.717, 1.165) is 24.2 Å². The molecule has 0 bridgehead atoms. The van der Waals surface area contributed by atoms with Gasteiger partial charge in [-0.25, -0.2) is 0 Å². The molecule has 2 rings (SSSR count). The van der Waals surface area contributed by atoms with Crippen molar-refractivity contribution in [1.29, 1.82) is 0 Å². The van der Waals surface area contributed by atoms with Crippen LogP contribution in [-0.2, 0) is 12.8 Å². The smallest absolute Gasteiger partial charge is 0.130 e. The molecule has 0 amide bonds. The van der Waals surface area contributed by atoms with Crippen LogP contribution in [0.4, 0.5) is 0 Å². The lowest BCUT2D eigenvalue weighted by Gasteiger charge is -2.14. The van der Waals surface area contributed by atoms with Crippen molar-refractivity contribution in [3.05, 3.63) is 77.0 Å². The molecule has 102 valence electrons. The van der Waals surface area contributed by atoms with Crippen molar-refractivity contribution in [3.63, 3.8) is 0 Å². The van der Waals surface area contributed by atoms with Crippen molar-refractivity contribution in [1.82, 2.24) is 0 Å². The van der Waals surface area contributed by atoms with E-state index < -0.39 is 0 Å². The van der Waals surface area contributed by atoms with Gasteiger partial charge in [0.25, 0.3) is 0 Å². The molecule has 0 aliphatic carbocycles. The molecular formula is C19H20O. The van der Waals surface area contributed by atoms with Gasteiger partial charge in [0.1, 0.15) is 5.75 Å². The second-order valence-electron chi connectivity index (χ2n) is 4.74. The van der Waals surface area contributed by atoms with E-state index in [9.17, 15) is 0 Å². The predicted octanol–water partition coefficient (Wildman–Crippen LogP) is 4.65. The van der Waals surface area contributed by atoms with Crippen LogP contribution in [0.1, 0.15) is 29.2 Å². The van der Waals surface area contributed by atoms with Crippen LogP contribution in [-0.4, -0.2) is 7.11 Å². The molecule has 0 aliphatic heterocycles. The van der Waals surface area contributed by atoms with Gasteiger partial charge in [-0.15, -0.1) is 5.73 Å². The maximum atomic E-state index is 5.60. The van der Waals surface area contributed by atoms with E-state index in [-0.39, 0.29) is 0 Å². The molecule has 0 fully saturated rings. The summed E-state index contributed by atoms with van der Waals surface area (Å²) in [5.41, 5.74) is 7.69. The van der Waals surface area contributed by atoms with Crippen molar-refractivity contribution in [3.8, 4) is 5.75 Å². The fraction of sp³-hybridized carbons (Fsp3) is 0.211. The second-order valence-corrected chi connectivity index (χ2v) is 4.74. The first-order valence-corrected chi connectivity index (χ1v) is 6.88. The van der Waals surface area contributed by atoms with Crippen LogP contribution < -0.4 is 4.74 Å². The molecule has 2 aromatic rings. The fourth-order valence-corrected chi connectivity index (χ4v) is 2.40. The van der Waals surface area contributed by atoms with Crippen LogP contribution in [0, 0.1) is 0 Å². The topological polar surface area (TPSA) is 9.23 Å². The van der Waals surface area contributed by atoms with Crippen LogP contribution in [0.25, 0.3) is 6.08 Å². The molecule has 0 N–H and O–H groups in total. The fourth-order valence-electron chi connectivity index (χ4n) is 2.40. The minimum atomic E-state index is 0.871. The molecule has 0 saturated carbocycles. The molecule has 2 aromatic carbocycles. The van der Waals surface area contributed by atoms with E-state index in [0.29, 0.717) is 0 Å². The highest BCUT2D eigenvalue weighted by molar-refractivity contribution is 5.61. The molecule has 0 spiro atoms. The largest absolute Gasteiger partial charge is 0.496 e. The van der Waals surface area contributed by atoms with Crippen molar-refractivity contribution >= 4 is 6.08 Å². The van der Waals surface area contributed by atoms with Gasteiger partial charge in [-0.05, 0) is 35.3 Å². The van der Waals surface area contributed by atoms with Crippen molar-refractivity contribution in [2.75, 3.05) is 7.11 Å². The van der Waals surface area contributed by atoms with E-state index in [4.69, 9.17) is 4.74 Å². The maximum Gasteiger partial charge on any atom is 0.130 e. The van der Waals surface area contributed by atoms with Crippen molar-refractivity contribution in [2.45, 2.75) is 19.8 Å². The number of hydrogen-bond donors (Lipinski definition) is 0. The Morgan fingerprint density at radius 3 is 2.50 bits per heavy atom. The van der Waals surface area contributed by atoms with Gasteiger partial charge in [-0.3, -0.25) is 0 Å². The monoisotopic (exact) mass is 264 g/mol. The lowest BCUT2D eigenvalue weighted by Crippen LogP contribution is -1.98. The molecular weight excluding hydrogens is 244 g/mol. The highest BCUT2D eigenvalue weighted by atomic mass is 16.5. The van der Waals surface area contributed by atoms with Gasteiger partial charge >= 0.3 is 0 Å². The van der Waals surface area contributed by atoms with Gasteiger partial charge in [-0.1, -0.05) is 49.9 Å². The Labute approximate surface area is 121 Å². The normalized spacial score (nSPS) is 9.90. The standard InChI is InChI=1S/C19H20O/c1-4-9-17-12-15(5-2)13-18(19(17)20-3)14-16-10-7-6-8-11-16/h6-13H,1,5,14H2,2-3H3. The Morgan fingerprint density at radius 2 is 1.90 bits per heavy atom. The predicted molar refractivity (Wildman–Crippen MR) is 85.2 cm³/mol. The number of rotatable bonds is 5. The average molecular weight is 264 g/mol. The lowest BCUT2D eigenvalue weighted by molar-refractivity contribution is 0.409. The van der Waals surface area contributed by atoms with Gasteiger partial charge in [-0.2, -0.15) is 0 Å². The third kappa shape index (κ3) is 3.20. The van der Waals surface area contributed by atoms with Gasteiger partial charge in [0.05, 0.1) is 7.11 Å². The first kappa shape index (κ1) is 14.2. The van der Waals surface area contributed by atoms with Crippen LogP contribution >= 0.6 is 0 Å². The summed E-state index contributed by atoms with van der Waals surface area (Å²) in [5, 5.41) is 0. The Bertz CT molecular complexity index is 620. The zero-order valence-corrected chi connectivity index (χ0v) is 12.1. The Kier molecular flexibility index (Phi) is 4.81. The lowest BCUT2D eigenvalue weighted by atomic mass is 9.97. The van der Waals surface area contributed by atoms with E-state index in [1.54, 1.807) is 7.11 Å². The molecule has 0 aliphatic rings. The van der Waals surface area contributed by atoms with Crippen molar-refractivity contribution in [2.24, 2.45) is 0 Å². The molecule has 1 nitrogen and oxygen atoms in total. The van der Waals surface area contributed by atoms with E-state index in [1.807, 2.05) is 12.1 Å². The summed E-state index contributed by atoms with van der Waals surface area (Å²) in [6.45, 7) is 5.83. The quantitative estimate of drug-likeness (QED) is 0.714. The zero-order valence-electron chi connectivity index (χ0n) is 12.1. The van der Waals surface area contributed by atoms with Gasteiger partial charge in [0.2, 0.25) is 0 Å². The SMILES string of the molecule is C=C=Cc1cc(CC)cc(Cc2ccccc2)c1OC. The van der Waals surface area contributed by atoms with E-state index in [2.05, 4.69) is 55.6 Å².